The van der Waals surface area contributed by atoms with Gasteiger partial charge in [-0.1, -0.05) is 56.7 Å². The molecule has 0 radical (unpaired) electrons. The summed E-state index contributed by atoms with van der Waals surface area (Å²) in [7, 11) is 0. The van der Waals surface area contributed by atoms with Gasteiger partial charge in [0, 0.05) is 5.69 Å². The molecule has 0 atom stereocenters. The smallest absolute Gasteiger partial charge is 0.0346 e. The molecule has 20 heavy (non-hydrogen) atoms. The number of benzene rings is 2. The van der Waals surface area contributed by atoms with E-state index in [2.05, 4.69) is 56.3 Å². The van der Waals surface area contributed by atoms with Crippen molar-refractivity contribution in [1.82, 2.24) is 0 Å². The Kier molecular flexibility index (Phi) is 5.23. The van der Waals surface area contributed by atoms with Crippen LogP contribution < -0.4 is 5.73 Å². The van der Waals surface area contributed by atoms with E-state index < -0.39 is 0 Å². The van der Waals surface area contributed by atoms with Gasteiger partial charge in [-0.2, -0.15) is 0 Å². The van der Waals surface area contributed by atoms with Gasteiger partial charge in [-0.25, -0.2) is 0 Å². The Balaban J connectivity index is 2.11. The first-order valence-corrected chi connectivity index (χ1v) is 7.68. The van der Waals surface area contributed by atoms with Crippen LogP contribution in [0.1, 0.15) is 48.9 Å². The summed E-state index contributed by atoms with van der Waals surface area (Å²) in [5.74, 6) is 0. The molecule has 0 aliphatic carbocycles. The van der Waals surface area contributed by atoms with Crippen molar-refractivity contribution in [2.75, 3.05) is 5.73 Å². The summed E-state index contributed by atoms with van der Waals surface area (Å²) in [5.41, 5.74) is 12.4. The Hall–Kier alpha value is -1.76. The van der Waals surface area contributed by atoms with E-state index in [4.69, 9.17) is 5.73 Å². The number of hydrogen-bond acceptors (Lipinski definition) is 1. The lowest BCUT2D eigenvalue weighted by molar-refractivity contribution is 0.795. The van der Waals surface area contributed by atoms with Crippen molar-refractivity contribution in [2.45, 2.75) is 46.0 Å². The summed E-state index contributed by atoms with van der Waals surface area (Å²) in [4.78, 5) is 0. The van der Waals surface area contributed by atoms with Crippen LogP contribution >= 0.6 is 0 Å². The molecule has 2 aromatic carbocycles. The summed E-state index contributed by atoms with van der Waals surface area (Å²) >= 11 is 0. The fourth-order valence-electron chi connectivity index (χ4n) is 2.48. The Morgan fingerprint density at radius 1 is 0.850 bits per heavy atom. The molecule has 0 spiro atoms. The highest BCUT2D eigenvalue weighted by molar-refractivity contribution is 5.49. The molecule has 106 valence electrons. The molecule has 0 aromatic heterocycles. The molecule has 0 amide bonds. The molecular weight excluding hydrogens is 242 g/mol. The third-order valence-electron chi connectivity index (χ3n) is 3.85. The maximum Gasteiger partial charge on any atom is 0.0346 e. The van der Waals surface area contributed by atoms with Crippen molar-refractivity contribution >= 4 is 5.69 Å². The molecule has 2 aromatic rings. The van der Waals surface area contributed by atoms with Gasteiger partial charge in [0.2, 0.25) is 0 Å². The van der Waals surface area contributed by atoms with Crippen LogP contribution in [0.5, 0.6) is 0 Å². The number of unbranched alkanes of at least 4 members (excludes halogenated alkanes) is 1. The molecule has 0 unspecified atom stereocenters. The second-order valence-corrected chi connectivity index (χ2v) is 5.48. The van der Waals surface area contributed by atoms with E-state index in [1.54, 1.807) is 0 Å². The monoisotopic (exact) mass is 267 g/mol. The average Bonchev–Trinajstić information content (AvgIpc) is 2.48. The molecule has 2 N–H and O–H groups in total. The fraction of sp³-hybridized carbons (Fsp3) is 0.368. The number of nitrogen functional groups attached to an aromatic ring is 1. The molecule has 0 fully saturated rings. The second-order valence-electron chi connectivity index (χ2n) is 5.48. The minimum absolute atomic E-state index is 0.934. The Morgan fingerprint density at radius 2 is 1.50 bits per heavy atom. The zero-order chi connectivity index (χ0) is 14.4. The molecule has 0 heterocycles. The molecule has 1 nitrogen and oxygen atoms in total. The highest BCUT2D eigenvalue weighted by Crippen LogP contribution is 2.19. The molecular formula is C19H25N. The van der Waals surface area contributed by atoms with E-state index in [0.29, 0.717) is 0 Å². The van der Waals surface area contributed by atoms with E-state index in [1.165, 1.54) is 35.1 Å². The predicted molar refractivity (Wildman–Crippen MR) is 88.1 cm³/mol. The van der Waals surface area contributed by atoms with E-state index in [0.717, 1.165) is 24.9 Å². The molecule has 1 heteroatoms. The number of hydrogen-bond donors (Lipinski definition) is 1. The van der Waals surface area contributed by atoms with Gasteiger partial charge >= 0.3 is 0 Å². The molecule has 0 saturated carbocycles. The largest absolute Gasteiger partial charge is 0.399 e. The van der Waals surface area contributed by atoms with Gasteiger partial charge in [0.1, 0.15) is 0 Å². The van der Waals surface area contributed by atoms with Gasteiger partial charge in [-0.05, 0) is 54.0 Å². The van der Waals surface area contributed by atoms with Crippen molar-refractivity contribution < 1.29 is 0 Å². The van der Waals surface area contributed by atoms with Crippen LogP contribution in [0.2, 0.25) is 0 Å². The van der Waals surface area contributed by atoms with Crippen LogP contribution in [-0.4, -0.2) is 0 Å². The Morgan fingerprint density at radius 3 is 2.15 bits per heavy atom. The fourth-order valence-corrected chi connectivity index (χ4v) is 2.48. The Bertz CT molecular complexity index is 540. The first-order valence-electron chi connectivity index (χ1n) is 7.68. The first kappa shape index (κ1) is 14.6. The summed E-state index contributed by atoms with van der Waals surface area (Å²) < 4.78 is 0. The number of nitrogens with two attached hydrogens (primary N) is 1. The van der Waals surface area contributed by atoms with Gasteiger partial charge < -0.3 is 5.73 Å². The number of anilines is 1. The predicted octanol–water partition coefficient (Wildman–Crippen LogP) is 4.76. The highest BCUT2D eigenvalue weighted by Gasteiger charge is 2.02. The standard InChI is InChI=1S/C19H25N/c1-3-5-6-18-14-17(11-12-19(18)20)13-16-9-7-15(4-2)8-10-16/h7-12,14H,3-6,13,20H2,1-2H3. The van der Waals surface area contributed by atoms with E-state index in [-0.39, 0.29) is 0 Å². The SMILES string of the molecule is CCCCc1cc(Cc2ccc(CC)cc2)ccc1N. The molecule has 0 bridgehead atoms. The van der Waals surface area contributed by atoms with E-state index >= 15 is 0 Å². The quantitative estimate of drug-likeness (QED) is 0.750. The normalized spacial score (nSPS) is 10.7. The van der Waals surface area contributed by atoms with Gasteiger partial charge in [-0.15, -0.1) is 0 Å². The van der Waals surface area contributed by atoms with Crippen molar-refractivity contribution in [1.29, 1.82) is 0 Å². The van der Waals surface area contributed by atoms with Crippen LogP contribution in [0.25, 0.3) is 0 Å². The van der Waals surface area contributed by atoms with E-state index in [1.807, 2.05) is 0 Å². The summed E-state index contributed by atoms with van der Waals surface area (Å²) in [5, 5.41) is 0. The van der Waals surface area contributed by atoms with Crippen LogP contribution in [0.15, 0.2) is 42.5 Å². The minimum atomic E-state index is 0.934. The van der Waals surface area contributed by atoms with Crippen molar-refractivity contribution in [3.8, 4) is 0 Å². The van der Waals surface area contributed by atoms with Gasteiger partial charge in [0.05, 0.1) is 0 Å². The topological polar surface area (TPSA) is 26.0 Å². The van der Waals surface area contributed by atoms with E-state index in [9.17, 15) is 0 Å². The third kappa shape index (κ3) is 3.86. The lowest BCUT2D eigenvalue weighted by Gasteiger charge is -2.09. The Labute approximate surface area is 122 Å². The summed E-state index contributed by atoms with van der Waals surface area (Å²) in [6.07, 6.45) is 5.60. The number of aryl methyl sites for hydroxylation is 2. The van der Waals surface area contributed by atoms with Crippen molar-refractivity contribution in [3.63, 3.8) is 0 Å². The second kappa shape index (κ2) is 7.14. The lowest BCUT2D eigenvalue weighted by Crippen LogP contribution is -1.97. The van der Waals surface area contributed by atoms with Crippen LogP contribution in [-0.2, 0) is 19.3 Å². The number of rotatable bonds is 6. The molecule has 0 saturated heterocycles. The maximum atomic E-state index is 6.06. The van der Waals surface area contributed by atoms with Gasteiger partial charge in [0.15, 0.2) is 0 Å². The van der Waals surface area contributed by atoms with Crippen LogP contribution in [0.3, 0.4) is 0 Å². The first-order chi connectivity index (χ1) is 9.72. The summed E-state index contributed by atoms with van der Waals surface area (Å²) in [6.45, 7) is 4.41. The van der Waals surface area contributed by atoms with Crippen LogP contribution in [0.4, 0.5) is 5.69 Å². The lowest BCUT2D eigenvalue weighted by atomic mass is 9.98. The van der Waals surface area contributed by atoms with Gasteiger partial charge in [-0.3, -0.25) is 0 Å². The average molecular weight is 267 g/mol. The highest BCUT2D eigenvalue weighted by atomic mass is 14.6. The van der Waals surface area contributed by atoms with Crippen LogP contribution in [0, 0.1) is 0 Å². The third-order valence-corrected chi connectivity index (χ3v) is 3.85. The summed E-state index contributed by atoms with van der Waals surface area (Å²) in [6, 6.07) is 15.4. The molecule has 0 aliphatic heterocycles. The van der Waals surface area contributed by atoms with Crippen molar-refractivity contribution in [3.05, 3.63) is 64.7 Å². The maximum absolute atomic E-state index is 6.06. The van der Waals surface area contributed by atoms with Gasteiger partial charge in [0.25, 0.3) is 0 Å². The minimum Gasteiger partial charge on any atom is -0.399 e. The molecule has 2 rings (SSSR count). The van der Waals surface area contributed by atoms with Crippen molar-refractivity contribution in [2.24, 2.45) is 0 Å². The molecule has 0 aliphatic rings. The zero-order valence-corrected chi connectivity index (χ0v) is 12.7. The zero-order valence-electron chi connectivity index (χ0n) is 12.7.